The van der Waals surface area contributed by atoms with E-state index in [9.17, 15) is 4.79 Å². The second kappa shape index (κ2) is 9.97. The summed E-state index contributed by atoms with van der Waals surface area (Å²) in [6, 6.07) is 18.0. The number of rotatable bonds is 8. The molecule has 1 saturated heterocycles. The van der Waals surface area contributed by atoms with Crippen molar-refractivity contribution >= 4 is 11.6 Å². The highest BCUT2D eigenvalue weighted by Crippen LogP contribution is 2.17. The number of carbonyl (C=O) groups excluding carboxylic acids is 1. The average Bonchev–Trinajstić information content (AvgIpc) is 2.74. The van der Waals surface area contributed by atoms with Crippen LogP contribution in [0.4, 0.5) is 5.69 Å². The van der Waals surface area contributed by atoms with E-state index in [1.165, 1.54) is 0 Å². The molecule has 0 spiro atoms. The first-order chi connectivity index (χ1) is 13.2. The van der Waals surface area contributed by atoms with Crippen LogP contribution in [0.5, 0.6) is 5.75 Å². The van der Waals surface area contributed by atoms with Crippen LogP contribution in [0, 0.1) is 0 Å². The highest BCUT2D eigenvalue weighted by atomic mass is 16.5. The highest BCUT2D eigenvalue weighted by Gasteiger charge is 2.19. The Hall–Kier alpha value is -2.53. The number of amides is 1. The zero-order chi connectivity index (χ0) is 18.9. The molecular formula is C22H29N3O2. The molecule has 144 valence electrons. The maximum atomic E-state index is 12.3. The van der Waals surface area contributed by atoms with Gasteiger partial charge in [0, 0.05) is 44.8 Å². The Labute approximate surface area is 161 Å². The lowest BCUT2D eigenvalue weighted by atomic mass is 10.2. The third kappa shape index (κ3) is 6.00. The third-order valence-electron chi connectivity index (χ3n) is 4.94. The van der Waals surface area contributed by atoms with Gasteiger partial charge in [0.05, 0.1) is 0 Å². The summed E-state index contributed by atoms with van der Waals surface area (Å²) in [6.07, 6.45) is 0.526. The van der Waals surface area contributed by atoms with Crippen molar-refractivity contribution in [1.82, 2.24) is 9.80 Å². The first kappa shape index (κ1) is 19.2. The van der Waals surface area contributed by atoms with E-state index < -0.39 is 0 Å². The van der Waals surface area contributed by atoms with Crippen LogP contribution in [0.15, 0.2) is 54.6 Å². The molecule has 1 N–H and O–H groups in total. The number of anilines is 1. The molecule has 0 radical (unpaired) electrons. The lowest BCUT2D eigenvalue weighted by Gasteiger charge is -2.34. The van der Waals surface area contributed by atoms with Gasteiger partial charge in [-0.05, 0) is 36.4 Å². The zero-order valence-corrected chi connectivity index (χ0v) is 16.1. The van der Waals surface area contributed by atoms with E-state index in [2.05, 4.69) is 29.3 Å². The van der Waals surface area contributed by atoms with Crippen molar-refractivity contribution in [3.05, 3.63) is 60.2 Å². The minimum Gasteiger partial charge on any atom is -0.489 e. The molecule has 5 heteroatoms. The first-order valence-electron chi connectivity index (χ1n) is 9.75. The van der Waals surface area contributed by atoms with Crippen LogP contribution in [-0.2, 0) is 11.4 Å². The number of carbonyl (C=O) groups is 1. The molecule has 1 fully saturated rings. The first-order valence-corrected chi connectivity index (χ1v) is 9.75. The molecule has 2 aromatic carbocycles. The molecule has 5 nitrogen and oxygen atoms in total. The van der Waals surface area contributed by atoms with Gasteiger partial charge in [0.25, 0.3) is 0 Å². The quantitative estimate of drug-likeness (QED) is 0.778. The van der Waals surface area contributed by atoms with Gasteiger partial charge >= 0.3 is 0 Å². The van der Waals surface area contributed by atoms with E-state index in [-0.39, 0.29) is 5.91 Å². The van der Waals surface area contributed by atoms with Gasteiger partial charge < -0.3 is 19.9 Å². The molecule has 0 saturated carbocycles. The van der Waals surface area contributed by atoms with Gasteiger partial charge in [-0.15, -0.1) is 0 Å². The summed E-state index contributed by atoms with van der Waals surface area (Å²) >= 11 is 0. The molecule has 1 aliphatic heterocycles. The van der Waals surface area contributed by atoms with Gasteiger partial charge in [0.2, 0.25) is 5.91 Å². The van der Waals surface area contributed by atoms with Crippen LogP contribution in [0.2, 0.25) is 0 Å². The van der Waals surface area contributed by atoms with Gasteiger partial charge in [-0.1, -0.05) is 37.3 Å². The second-order valence-corrected chi connectivity index (χ2v) is 6.79. The van der Waals surface area contributed by atoms with E-state index in [1.54, 1.807) is 0 Å². The van der Waals surface area contributed by atoms with Crippen molar-refractivity contribution in [3.63, 3.8) is 0 Å². The van der Waals surface area contributed by atoms with Crippen LogP contribution >= 0.6 is 0 Å². The number of piperazine rings is 1. The lowest BCUT2D eigenvalue weighted by Crippen LogP contribution is -2.48. The highest BCUT2D eigenvalue weighted by molar-refractivity contribution is 5.76. The van der Waals surface area contributed by atoms with Crippen molar-refractivity contribution in [2.24, 2.45) is 0 Å². The Morgan fingerprint density at radius 1 is 1.00 bits per heavy atom. The van der Waals surface area contributed by atoms with Crippen molar-refractivity contribution in [3.8, 4) is 5.75 Å². The topological polar surface area (TPSA) is 44.8 Å². The average molecular weight is 367 g/mol. The number of hydrogen-bond donors (Lipinski definition) is 1. The maximum Gasteiger partial charge on any atom is 0.224 e. The van der Waals surface area contributed by atoms with Gasteiger partial charge in [-0.3, -0.25) is 4.79 Å². The zero-order valence-electron chi connectivity index (χ0n) is 16.1. The van der Waals surface area contributed by atoms with Crippen LogP contribution in [0.1, 0.15) is 18.9 Å². The Morgan fingerprint density at radius 3 is 2.37 bits per heavy atom. The molecule has 0 unspecified atom stereocenters. The number of nitrogens with one attached hydrogen (secondary N) is 1. The van der Waals surface area contributed by atoms with Crippen LogP contribution in [0.25, 0.3) is 0 Å². The van der Waals surface area contributed by atoms with Crippen molar-refractivity contribution in [2.75, 3.05) is 44.6 Å². The normalized spacial score (nSPS) is 14.8. The molecule has 0 aromatic heterocycles. The van der Waals surface area contributed by atoms with Crippen molar-refractivity contribution in [1.29, 1.82) is 0 Å². The number of benzene rings is 2. The van der Waals surface area contributed by atoms with Gasteiger partial charge in [0.1, 0.15) is 12.4 Å². The Kier molecular flexibility index (Phi) is 7.11. The minimum absolute atomic E-state index is 0.237. The Morgan fingerprint density at radius 2 is 1.70 bits per heavy atom. The molecular weight excluding hydrogens is 338 g/mol. The predicted molar refractivity (Wildman–Crippen MR) is 109 cm³/mol. The summed E-state index contributed by atoms with van der Waals surface area (Å²) in [5.74, 6) is 1.08. The summed E-state index contributed by atoms with van der Waals surface area (Å²) in [4.78, 5) is 16.7. The smallest absolute Gasteiger partial charge is 0.224 e. The van der Waals surface area contributed by atoms with Crippen LogP contribution in [-0.4, -0.2) is 55.0 Å². The van der Waals surface area contributed by atoms with Gasteiger partial charge in [0.15, 0.2) is 0 Å². The fraction of sp³-hybridized carbons (Fsp3) is 0.409. The van der Waals surface area contributed by atoms with Gasteiger partial charge in [-0.25, -0.2) is 0 Å². The molecule has 0 atom stereocenters. The summed E-state index contributed by atoms with van der Waals surface area (Å²) in [5.41, 5.74) is 2.16. The van der Waals surface area contributed by atoms with E-state index >= 15 is 0 Å². The molecule has 1 aliphatic rings. The van der Waals surface area contributed by atoms with Crippen molar-refractivity contribution in [2.45, 2.75) is 20.0 Å². The van der Waals surface area contributed by atoms with Crippen LogP contribution < -0.4 is 10.1 Å². The molecule has 3 rings (SSSR count). The second-order valence-electron chi connectivity index (χ2n) is 6.79. The molecule has 2 aromatic rings. The van der Waals surface area contributed by atoms with E-state index in [1.807, 2.05) is 47.4 Å². The SMILES string of the molecule is CCN1CCN(C(=O)CCNc2ccc(OCc3ccccc3)cc2)CC1. The predicted octanol–water partition coefficient (Wildman–Crippen LogP) is 3.23. The van der Waals surface area contributed by atoms with E-state index in [0.29, 0.717) is 19.6 Å². The largest absolute Gasteiger partial charge is 0.489 e. The summed E-state index contributed by atoms with van der Waals surface area (Å²) in [6.45, 7) is 8.11. The summed E-state index contributed by atoms with van der Waals surface area (Å²) in [7, 11) is 0. The molecule has 27 heavy (non-hydrogen) atoms. The fourth-order valence-electron chi connectivity index (χ4n) is 3.20. The standard InChI is InChI=1S/C22H29N3O2/c1-2-24-14-16-25(17-15-24)22(26)12-13-23-20-8-10-21(11-9-20)27-18-19-6-4-3-5-7-19/h3-11,23H,2,12-18H2,1H3. The van der Waals surface area contributed by atoms with E-state index in [4.69, 9.17) is 4.74 Å². The minimum atomic E-state index is 0.237. The van der Waals surface area contributed by atoms with Gasteiger partial charge in [-0.2, -0.15) is 0 Å². The molecule has 0 bridgehead atoms. The van der Waals surface area contributed by atoms with Crippen LogP contribution in [0.3, 0.4) is 0 Å². The summed E-state index contributed by atoms with van der Waals surface area (Å²) < 4.78 is 5.79. The Bertz CT molecular complexity index is 695. The van der Waals surface area contributed by atoms with E-state index in [0.717, 1.165) is 49.7 Å². The number of likely N-dealkylation sites (N-methyl/N-ethyl adjacent to an activating group) is 1. The number of ether oxygens (including phenoxy) is 1. The maximum absolute atomic E-state index is 12.3. The lowest BCUT2D eigenvalue weighted by molar-refractivity contribution is -0.132. The molecule has 1 amide bonds. The summed E-state index contributed by atoms with van der Waals surface area (Å²) in [5, 5.41) is 3.32. The third-order valence-corrected chi connectivity index (χ3v) is 4.94. The number of nitrogens with zero attached hydrogens (tertiary/aromatic N) is 2. The molecule has 0 aliphatic carbocycles. The fourth-order valence-corrected chi connectivity index (χ4v) is 3.20. The Balaban J connectivity index is 1.37. The van der Waals surface area contributed by atoms with Crippen molar-refractivity contribution < 1.29 is 9.53 Å². The monoisotopic (exact) mass is 367 g/mol. The number of hydrogen-bond acceptors (Lipinski definition) is 4. The molecule has 1 heterocycles.